The third kappa shape index (κ3) is 2.34. The Labute approximate surface area is 100 Å². The van der Waals surface area contributed by atoms with Crippen molar-refractivity contribution in [2.75, 3.05) is 0 Å². The molecular formula is C13H14ClNO. The maximum atomic E-state index is 10.5. The van der Waals surface area contributed by atoms with Gasteiger partial charge in [-0.1, -0.05) is 42.6 Å². The second-order valence-corrected chi connectivity index (χ2v) is 4.64. The van der Waals surface area contributed by atoms with Crippen molar-refractivity contribution in [1.82, 2.24) is 0 Å². The van der Waals surface area contributed by atoms with E-state index in [0.29, 0.717) is 10.9 Å². The summed E-state index contributed by atoms with van der Waals surface area (Å²) in [5.41, 5.74) is 0.958. The van der Waals surface area contributed by atoms with Crippen LogP contribution in [0, 0.1) is 5.92 Å². The molecule has 16 heavy (non-hydrogen) atoms. The van der Waals surface area contributed by atoms with Crippen LogP contribution in [0.15, 0.2) is 29.3 Å². The zero-order chi connectivity index (χ0) is 11.4. The zero-order valence-corrected chi connectivity index (χ0v) is 9.78. The zero-order valence-electron chi connectivity index (χ0n) is 9.03. The number of nitrogens with zero attached hydrogens (tertiary/aromatic N) is 1. The van der Waals surface area contributed by atoms with Crippen LogP contribution in [-0.2, 0) is 4.79 Å². The molecule has 0 bridgehead atoms. The van der Waals surface area contributed by atoms with E-state index in [1.807, 2.05) is 24.3 Å². The highest BCUT2D eigenvalue weighted by atomic mass is 35.5. The Bertz CT molecular complexity index is 406. The van der Waals surface area contributed by atoms with Gasteiger partial charge in [-0.2, -0.15) is 4.99 Å². The molecule has 3 heteroatoms. The maximum Gasteiger partial charge on any atom is 0.235 e. The van der Waals surface area contributed by atoms with Gasteiger partial charge in [-0.3, -0.25) is 0 Å². The molecule has 0 heterocycles. The first-order chi connectivity index (χ1) is 7.83. The van der Waals surface area contributed by atoms with Gasteiger partial charge in [-0.05, 0) is 30.4 Å². The second kappa shape index (κ2) is 5.29. The van der Waals surface area contributed by atoms with E-state index in [4.69, 9.17) is 11.6 Å². The molecule has 1 saturated carbocycles. The quantitative estimate of drug-likeness (QED) is 0.577. The lowest BCUT2D eigenvalue weighted by molar-refractivity contribution is 0.442. The fraction of sp³-hybridized carbons (Fsp3) is 0.462. The number of halogens is 1. The van der Waals surface area contributed by atoms with Crippen LogP contribution in [0.25, 0.3) is 0 Å². The largest absolute Gasteiger partial charge is 0.235 e. The van der Waals surface area contributed by atoms with Gasteiger partial charge in [-0.25, -0.2) is 4.79 Å². The monoisotopic (exact) mass is 235 g/mol. The molecule has 2 rings (SSSR count). The van der Waals surface area contributed by atoms with Crippen molar-refractivity contribution in [3.8, 4) is 0 Å². The van der Waals surface area contributed by atoms with Crippen LogP contribution in [-0.4, -0.2) is 6.08 Å². The first-order valence-electron chi connectivity index (χ1n) is 5.64. The van der Waals surface area contributed by atoms with Gasteiger partial charge in [0.2, 0.25) is 6.08 Å². The van der Waals surface area contributed by atoms with E-state index < -0.39 is 0 Å². The molecule has 1 fully saturated rings. The first-order valence-corrected chi connectivity index (χ1v) is 6.02. The molecule has 1 unspecified atom stereocenters. The molecule has 1 aromatic carbocycles. The van der Waals surface area contributed by atoms with Crippen LogP contribution in [0.4, 0.5) is 0 Å². The Morgan fingerprint density at radius 3 is 2.62 bits per heavy atom. The molecule has 1 aromatic rings. The number of carbonyl (C=O) groups excluding carboxylic acids is 1. The smallest absolute Gasteiger partial charge is 0.211 e. The minimum atomic E-state index is -0.103. The molecular weight excluding hydrogens is 222 g/mol. The van der Waals surface area contributed by atoms with Gasteiger partial charge in [0.05, 0.1) is 6.04 Å². The topological polar surface area (TPSA) is 29.4 Å². The van der Waals surface area contributed by atoms with Crippen LogP contribution in [0.2, 0.25) is 5.02 Å². The van der Waals surface area contributed by atoms with E-state index in [0.717, 1.165) is 18.4 Å². The highest BCUT2D eigenvalue weighted by Gasteiger charge is 2.27. The van der Waals surface area contributed by atoms with Crippen LogP contribution < -0.4 is 0 Å². The summed E-state index contributed by atoms with van der Waals surface area (Å²) in [6, 6.07) is 7.52. The fourth-order valence-corrected chi connectivity index (χ4v) is 2.72. The summed E-state index contributed by atoms with van der Waals surface area (Å²) < 4.78 is 0. The van der Waals surface area contributed by atoms with Gasteiger partial charge >= 0.3 is 0 Å². The molecule has 1 atom stereocenters. The number of isocyanates is 1. The lowest BCUT2D eigenvalue weighted by Crippen LogP contribution is -2.07. The lowest BCUT2D eigenvalue weighted by atomic mass is 9.92. The highest BCUT2D eigenvalue weighted by molar-refractivity contribution is 6.31. The summed E-state index contributed by atoms with van der Waals surface area (Å²) in [5, 5.41) is 0.693. The fourth-order valence-electron chi connectivity index (χ4n) is 2.47. The highest BCUT2D eigenvalue weighted by Crippen LogP contribution is 2.40. The van der Waals surface area contributed by atoms with Crippen LogP contribution in [0.5, 0.6) is 0 Å². The Balaban J connectivity index is 2.31. The van der Waals surface area contributed by atoms with Gasteiger partial charge in [-0.15, -0.1) is 0 Å². The van der Waals surface area contributed by atoms with Crippen molar-refractivity contribution in [2.24, 2.45) is 10.9 Å². The molecule has 2 nitrogen and oxygen atoms in total. The van der Waals surface area contributed by atoms with Crippen molar-refractivity contribution >= 4 is 17.7 Å². The van der Waals surface area contributed by atoms with Gasteiger partial charge < -0.3 is 0 Å². The van der Waals surface area contributed by atoms with Crippen LogP contribution >= 0.6 is 11.6 Å². The minimum Gasteiger partial charge on any atom is -0.211 e. The Hall–Kier alpha value is -1.11. The molecule has 0 N–H and O–H groups in total. The van der Waals surface area contributed by atoms with Gasteiger partial charge in [0.25, 0.3) is 0 Å². The number of hydrogen-bond acceptors (Lipinski definition) is 2. The SMILES string of the molecule is O=C=NC(c1ccccc1Cl)C1CCCC1. The summed E-state index contributed by atoms with van der Waals surface area (Å²) in [6.45, 7) is 0. The lowest BCUT2D eigenvalue weighted by Gasteiger charge is -2.19. The van der Waals surface area contributed by atoms with Crippen molar-refractivity contribution in [3.63, 3.8) is 0 Å². The van der Waals surface area contributed by atoms with E-state index in [1.165, 1.54) is 12.8 Å². The molecule has 1 aliphatic rings. The average molecular weight is 236 g/mol. The number of hydrogen-bond donors (Lipinski definition) is 0. The molecule has 0 aliphatic heterocycles. The molecule has 84 valence electrons. The normalized spacial score (nSPS) is 18.1. The van der Waals surface area contributed by atoms with Crippen molar-refractivity contribution in [3.05, 3.63) is 34.9 Å². The predicted octanol–water partition coefficient (Wildman–Crippen LogP) is 3.91. The summed E-state index contributed by atoms with van der Waals surface area (Å²) in [7, 11) is 0. The molecule has 0 amide bonds. The molecule has 1 aliphatic carbocycles. The summed E-state index contributed by atoms with van der Waals surface area (Å²) in [5.74, 6) is 0.446. The van der Waals surface area contributed by atoms with Gasteiger partial charge in [0.15, 0.2) is 0 Å². The summed E-state index contributed by atoms with van der Waals surface area (Å²) in [6.07, 6.45) is 6.38. The third-order valence-corrected chi connectivity index (χ3v) is 3.61. The average Bonchev–Trinajstić information content (AvgIpc) is 2.80. The van der Waals surface area contributed by atoms with E-state index in [1.54, 1.807) is 6.08 Å². The van der Waals surface area contributed by atoms with E-state index in [2.05, 4.69) is 4.99 Å². The number of aliphatic imine (C=N–C) groups is 1. The summed E-state index contributed by atoms with van der Waals surface area (Å²) in [4.78, 5) is 14.5. The van der Waals surface area contributed by atoms with E-state index >= 15 is 0 Å². The van der Waals surface area contributed by atoms with Crippen LogP contribution in [0.3, 0.4) is 0 Å². The van der Waals surface area contributed by atoms with E-state index in [-0.39, 0.29) is 6.04 Å². The Morgan fingerprint density at radius 1 is 1.31 bits per heavy atom. The summed E-state index contributed by atoms with van der Waals surface area (Å²) >= 11 is 6.14. The van der Waals surface area contributed by atoms with Crippen LogP contribution in [0.1, 0.15) is 37.3 Å². The van der Waals surface area contributed by atoms with E-state index in [9.17, 15) is 4.79 Å². The minimum absolute atomic E-state index is 0.103. The standard InChI is InChI=1S/C13H14ClNO/c14-12-8-4-3-7-11(12)13(15-9-16)10-5-1-2-6-10/h3-4,7-8,10,13H,1-2,5-6H2. The maximum absolute atomic E-state index is 10.5. The van der Waals surface area contributed by atoms with Crippen molar-refractivity contribution in [1.29, 1.82) is 0 Å². The number of rotatable bonds is 3. The predicted molar refractivity (Wildman–Crippen MR) is 64.3 cm³/mol. The number of benzene rings is 1. The second-order valence-electron chi connectivity index (χ2n) is 4.23. The Morgan fingerprint density at radius 2 is 2.00 bits per heavy atom. The molecule has 0 radical (unpaired) electrons. The first kappa shape index (κ1) is 11.4. The molecule has 0 aromatic heterocycles. The third-order valence-electron chi connectivity index (χ3n) is 3.26. The molecule has 0 saturated heterocycles. The van der Waals surface area contributed by atoms with Crippen molar-refractivity contribution in [2.45, 2.75) is 31.7 Å². The van der Waals surface area contributed by atoms with Crippen molar-refractivity contribution < 1.29 is 4.79 Å². The van der Waals surface area contributed by atoms with Gasteiger partial charge in [0.1, 0.15) is 0 Å². The molecule has 0 spiro atoms. The van der Waals surface area contributed by atoms with Gasteiger partial charge in [0, 0.05) is 5.02 Å². The Kier molecular flexibility index (Phi) is 3.76.